The molecular formula is C18H14ClNO5. The lowest BCUT2D eigenvalue weighted by atomic mass is 10.1. The van der Waals surface area contributed by atoms with Crippen molar-refractivity contribution in [2.75, 3.05) is 13.7 Å². The van der Waals surface area contributed by atoms with Crippen LogP contribution in [0.2, 0.25) is 5.02 Å². The molecule has 1 heterocycles. The van der Waals surface area contributed by atoms with Gasteiger partial charge < -0.3 is 13.9 Å². The lowest BCUT2D eigenvalue weighted by Crippen LogP contribution is -2.05. The Balaban J connectivity index is 2.34. The average Bonchev–Trinajstić information content (AvgIpc) is 3.08. The molecule has 2 aromatic rings. The molecule has 0 spiro atoms. The molecule has 0 saturated heterocycles. The summed E-state index contributed by atoms with van der Waals surface area (Å²) in [5, 5.41) is 9.30. The van der Waals surface area contributed by atoms with E-state index >= 15 is 0 Å². The molecule has 0 bridgehead atoms. The molecule has 25 heavy (non-hydrogen) atoms. The van der Waals surface area contributed by atoms with Crippen molar-refractivity contribution < 1.29 is 23.5 Å². The van der Waals surface area contributed by atoms with Crippen LogP contribution in [0.1, 0.15) is 23.0 Å². The third-order valence-corrected chi connectivity index (χ3v) is 3.51. The number of esters is 2. The smallest absolute Gasteiger partial charge is 0.349 e. The standard InChI is InChI=1S/C18H14ClNO5/c1-3-24-17(21)12(10-20)8-13-5-7-16(25-13)11-4-6-15(19)14(9-11)18(22)23-2/h4-9H,3H2,1-2H3/b12-8-. The largest absolute Gasteiger partial charge is 0.465 e. The second-order valence-electron chi connectivity index (χ2n) is 4.78. The Bertz CT molecular complexity index is 876. The second kappa shape index (κ2) is 8.18. The van der Waals surface area contributed by atoms with Crippen molar-refractivity contribution in [3.8, 4) is 17.4 Å². The fourth-order valence-corrected chi connectivity index (χ4v) is 2.21. The molecule has 0 aliphatic heterocycles. The lowest BCUT2D eigenvalue weighted by molar-refractivity contribution is -0.137. The van der Waals surface area contributed by atoms with E-state index in [1.54, 1.807) is 37.3 Å². The summed E-state index contributed by atoms with van der Waals surface area (Å²) in [4.78, 5) is 23.3. The van der Waals surface area contributed by atoms with Gasteiger partial charge >= 0.3 is 11.9 Å². The van der Waals surface area contributed by atoms with E-state index in [0.717, 1.165) is 0 Å². The highest BCUT2D eigenvalue weighted by atomic mass is 35.5. The first-order valence-corrected chi connectivity index (χ1v) is 7.65. The number of carbonyl (C=O) groups excluding carboxylic acids is 2. The van der Waals surface area contributed by atoms with Gasteiger partial charge in [0.15, 0.2) is 0 Å². The van der Waals surface area contributed by atoms with E-state index in [-0.39, 0.29) is 22.8 Å². The Labute approximate surface area is 149 Å². The predicted molar refractivity (Wildman–Crippen MR) is 90.7 cm³/mol. The predicted octanol–water partition coefficient (Wildman–Crippen LogP) is 3.86. The topological polar surface area (TPSA) is 89.5 Å². The molecule has 0 radical (unpaired) electrons. The van der Waals surface area contributed by atoms with E-state index in [2.05, 4.69) is 4.74 Å². The molecule has 128 valence electrons. The van der Waals surface area contributed by atoms with E-state index in [9.17, 15) is 9.59 Å². The molecule has 0 atom stereocenters. The number of carbonyl (C=O) groups is 2. The van der Waals surface area contributed by atoms with Crippen LogP contribution in [0.4, 0.5) is 0 Å². The van der Waals surface area contributed by atoms with Crippen molar-refractivity contribution in [3.63, 3.8) is 0 Å². The zero-order valence-electron chi connectivity index (χ0n) is 13.5. The average molecular weight is 360 g/mol. The Kier molecular flexibility index (Phi) is 5.98. The highest BCUT2D eigenvalue weighted by Crippen LogP contribution is 2.28. The monoisotopic (exact) mass is 359 g/mol. The Hall–Kier alpha value is -3.04. The first-order valence-electron chi connectivity index (χ1n) is 7.27. The van der Waals surface area contributed by atoms with Crippen molar-refractivity contribution in [1.82, 2.24) is 0 Å². The number of nitrogens with zero attached hydrogens (tertiary/aromatic N) is 1. The zero-order chi connectivity index (χ0) is 18.4. The van der Waals surface area contributed by atoms with Gasteiger partial charge in [-0.1, -0.05) is 11.6 Å². The normalized spacial score (nSPS) is 10.9. The number of hydrogen-bond acceptors (Lipinski definition) is 6. The molecule has 0 saturated carbocycles. The number of hydrogen-bond donors (Lipinski definition) is 0. The third-order valence-electron chi connectivity index (χ3n) is 3.19. The van der Waals surface area contributed by atoms with Crippen LogP contribution < -0.4 is 0 Å². The van der Waals surface area contributed by atoms with E-state index < -0.39 is 11.9 Å². The van der Waals surface area contributed by atoms with E-state index in [0.29, 0.717) is 17.1 Å². The molecular weight excluding hydrogens is 346 g/mol. The maximum absolute atomic E-state index is 11.7. The van der Waals surface area contributed by atoms with E-state index in [1.807, 2.05) is 0 Å². The van der Waals surface area contributed by atoms with Crippen molar-refractivity contribution in [2.24, 2.45) is 0 Å². The summed E-state index contributed by atoms with van der Waals surface area (Å²) >= 11 is 5.99. The van der Waals surface area contributed by atoms with Gasteiger partial charge in [0.1, 0.15) is 23.2 Å². The van der Waals surface area contributed by atoms with Gasteiger partial charge in [0.2, 0.25) is 0 Å². The van der Waals surface area contributed by atoms with E-state index in [4.69, 9.17) is 26.0 Å². The minimum Gasteiger partial charge on any atom is -0.465 e. The van der Waals surface area contributed by atoms with Crippen molar-refractivity contribution in [1.29, 1.82) is 5.26 Å². The van der Waals surface area contributed by atoms with Gasteiger partial charge in [-0.3, -0.25) is 0 Å². The van der Waals surface area contributed by atoms with Crippen LogP contribution in [0.25, 0.3) is 17.4 Å². The zero-order valence-corrected chi connectivity index (χ0v) is 14.3. The molecule has 0 amide bonds. The molecule has 0 aliphatic carbocycles. The fourth-order valence-electron chi connectivity index (χ4n) is 2.02. The van der Waals surface area contributed by atoms with Gasteiger partial charge in [-0.25, -0.2) is 9.59 Å². The summed E-state index contributed by atoms with van der Waals surface area (Å²) in [5.74, 6) is -0.543. The van der Waals surface area contributed by atoms with Gasteiger partial charge in [-0.15, -0.1) is 0 Å². The Morgan fingerprint density at radius 3 is 2.72 bits per heavy atom. The van der Waals surface area contributed by atoms with E-state index in [1.165, 1.54) is 19.3 Å². The highest BCUT2D eigenvalue weighted by molar-refractivity contribution is 6.33. The SMILES string of the molecule is CCOC(=O)/C(C#N)=C\c1ccc(-c2ccc(Cl)c(C(=O)OC)c2)o1. The molecule has 7 heteroatoms. The second-order valence-corrected chi connectivity index (χ2v) is 5.19. The van der Waals surface area contributed by atoms with Crippen LogP contribution in [-0.4, -0.2) is 25.7 Å². The number of benzene rings is 1. The van der Waals surface area contributed by atoms with Crippen molar-refractivity contribution >= 4 is 29.6 Å². The van der Waals surface area contributed by atoms with Crippen LogP contribution in [0, 0.1) is 11.3 Å². The summed E-state index contributed by atoms with van der Waals surface area (Å²) in [6, 6.07) is 9.79. The minimum absolute atomic E-state index is 0.169. The van der Waals surface area contributed by atoms with Crippen LogP contribution in [0.15, 0.2) is 40.3 Å². The number of rotatable bonds is 5. The number of nitriles is 1. The van der Waals surface area contributed by atoms with Crippen molar-refractivity contribution in [2.45, 2.75) is 6.92 Å². The number of methoxy groups -OCH3 is 1. The third kappa shape index (κ3) is 4.28. The summed E-state index contributed by atoms with van der Waals surface area (Å²) in [6.45, 7) is 1.82. The van der Waals surface area contributed by atoms with Crippen LogP contribution in [0.3, 0.4) is 0 Å². The Morgan fingerprint density at radius 2 is 2.08 bits per heavy atom. The first-order chi connectivity index (χ1) is 12.0. The van der Waals surface area contributed by atoms with Crippen molar-refractivity contribution in [3.05, 3.63) is 52.3 Å². The number of halogens is 1. The lowest BCUT2D eigenvalue weighted by Gasteiger charge is -2.04. The van der Waals surface area contributed by atoms with Gasteiger partial charge in [-0.05, 0) is 37.3 Å². The molecule has 1 aromatic heterocycles. The summed E-state index contributed by atoms with van der Waals surface area (Å²) in [7, 11) is 1.26. The maximum Gasteiger partial charge on any atom is 0.349 e. The highest BCUT2D eigenvalue weighted by Gasteiger charge is 2.15. The van der Waals surface area contributed by atoms with Crippen LogP contribution in [-0.2, 0) is 14.3 Å². The van der Waals surface area contributed by atoms with Gasteiger partial charge in [0.05, 0.1) is 24.3 Å². The number of ether oxygens (including phenoxy) is 2. The molecule has 0 N–H and O–H groups in total. The molecule has 2 rings (SSSR count). The molecule has 6 nitrogen and oxygen atoms in total. The van der Waals surface area contributed by atoms with Gasteiger partial charge in [-0.2, -0.15) is 5.26 Å². The summed E-state index contributed by atoms with van der Waals surface area (Å²) in [6.07, 6.45) is 1.29. The first kappa shape index (κ1) is 18.3. The van der Waals surface area contributed by atoms with Crippen LogP contribution in [0.5, 0.6) is 0 Å². The molecule has 0 unspecified atom stereocenters. The summed E-state index contributed by atoms with van der Waals surface area (Å²) < 4.78 is 15.1. The van der Waals surface area contributed by atoms with Crippen LogP contribution >= 0.6 is 11.6 Å². The van der Waals surface area contributed by atoms with Gasteiger partial charge in [0, 0.05) is 11.6 Å². The minimum atomic E-state index is -0.720. The summed E-state index contributed by atoms with van der Waals surface area (Å²) in [5.41, 5.74) is 0.632. The molecule has 1 aromatic carbocycles. The molecule has 0 fully saturated rings. The quantitative estimate of drug-likeness (QED) is 0.457. The number of furan rings is 1. The van der Waals surface area contributed by atoms with Gasteiger partial charge in [0.25, 0.3) is 0 Å². The Morgan fingerprint density at radius 1 is 1.32 bits per heavy atom. The maximum atomic E-state index is 11.7. The molecule has 0 aliphatic rings. The fraction of sp³-hybridized carbons (Fsp3) is 0.167.